The maximum Gasteiger partial charge on any atom is 0.200 e. The minimum absolute atomic E-state index is 0.506. The van der Waals surface area contributed by atoms with Crippen LogP contribution >= 0.6 is 0 Å². The first kappa shape index (κ1) is 13.7. The Morgan fingerprint density at radius 2 is 1.91 bits per heavy atom. The topological polar surface area (TPSA) is 49.6 Å². The molecule has 4 heterocycles. The fourth-order valence-corrected chi connectivity index (χ4v) is 4.28. The lowest BCUT2D eigenvalue weighted by Gasteiger charge is -2.37. The van der Waals surface area contributed by atoms with Crippen LogP contribution in [-0.4, -0.2) is 57.9 Å². The van der Waals surface area contributed by atoms with E-state index in [4.69, 9.17) is 5.10 Å². The molecule has 1 saturated carbocycles. The molecule has 2 saturated heterocycles. The van der Waals surface area contributed by atoms with E-state index in [0.717, 1.165) is 18.7 Å². The van der Waals surface area contributed by atoms with Gasteiger partial charge in [0.2, 0.25) is 5.65 Å². The maximum atomic E-state index is 4.70. The first-order chi connectivity index (χ1) is 11.2. The highest BCUT2D eigenvalue weighted by Gasteiger charge is 2.41. The van der Waals surface area contributed by atoms with E-state index >= 15 is 0 Å². The van der Waals surface area contributed by atoms with E-state index in [1.54, 1.807) is 6.33 Å². The number of anilines is 1. The van der Waals surface area contributed by atoms with Gasteiger partial charge in [-0.25, -0.2) is 0 Å². The second-order valence-electron chi connectivity index (χ2n) is 7.80. The summed E-state index contributed by atoms with van der Waals surface area (Å²) in [5.41, 5.74) is 3.89. The molecule has 2 aromatic rings. The summed E-state index contributed by atoms with van der Waals surface area (Å²) in [6.45, 7) is 4.77. The maximum absolute atomic E-state index is 4.70. The molecular formula is C17H24N6. The van der Waals surface area contributed by atoms with E-state index < -0.39 is 0 Å². The smallest absolute Gasteiger partial charge is 0.200 e. The standard InChI is InChI=1S/C17H24N6/c1-21-7-4-17(5-8-21)6-9-22(11-17)15-10-14(13-2-3-13)20-23-12-18-19-16(15)23/h10,12-13H,2-9,11H2,1H3. The summed E-state index contributed by atoms with van der Waals surface area (Å²) in [6.07, 6.45) is 8.24. The zero-order valence-electron chi connectivity index (χ0n) is 13.8. The van der Waals surface area contributed by atoms with Crippen LogP contribution in [0.15, 0.2) is 12.4 Å². The van der Waals surface area contributed by atoms with Gasteiger partial charge in [0.15, 0.2) is 0 Å². The minimum Gasteiger partial charge on any atom is -0.368 e. The van der Waals surface area contributed by atoms with Crippen molar-refractivity contribution in [1.29, 1.82) is 0 Å². The molecular weight excluding hydrogens is 288 g/mol. The Morgan fingerprint density at radius 3 is 2.70 bits per heavy atom. The number of piperidine rings is 1. The van der Waals surface area contributed by atoms with Gasteiger partial charge >= 0.3 is 0 Å². The Hall–Kier alpha value is -1.69. The lowest BCUT2D eigenvalue weighted by atomic mass is 9.78. The highest BCUT2D eigenvalue weighted by molar-refractivity contribution is 5.69. The molecule has 23 heavy (non-hydrogen) atoms. The molecule has 6 nitrogen and oxygen atoms in total. The summed E-state index contributed by atoms with van der Waals surface area (Å²) < 4.78 is 1.88. The van der Waals surface area contributed by atoms with E-state index in [2.05, 4.69) is 33.1 Å². The van der Waals surface area contributed by atoms with Crippen molar-refractivity contribution in [3.05, 3.63) is 18.1 Å². The van der Waals surface area contributed by atoms with E-state index in [-0.39, 0.29) is 0 Å². The molecule has 2 aliphatic heterocycles. The number of aromatic nitrogens is 4. The fraction of sp³-hybridized carbons (Fsp3) is 0.706. The van der Waals surface area contributed by atoms with Crippen molar-refractivity contribution < 1.29 is 0 Å². The minimum atomic E-state index is 0.506. The van der Waals surface area contributed by atoms with Crippen molar-refractivity contribution in [2.24, 2.45) is 5.41 Å². The van der Waals surface area contributed by atoms with Gasteiger partial charge in [-0.2, -0.15) is 9.61 Å². The Bertz CT molecular complexity index is 726. The van der Waals surface area contributed by atoms with Crippen molar-refractivity contribution in [2.75, 3.05) is 38.1 Å². The Labute approximate surface area is 136 Å². The Morgan fingerprint density at radius 1 is 1.13 bits per heavy atom. The van der Waals surface area contributed by atoms with Gasteiger partial charge in [-0.05, 0) is 63.7 Å². The molecule has 122 valence electrons. The van der Waals surface area contributed by atoms with Crippen LogP contribution in [0.3, 0.4) is 0 Å². The van der Waals surface area contributed by atoms with Gasteiger partial charge in [-0.15, -0.1) is 10.2 Å². The summed E-state index contributed by atoms with van der Waals surface area (Å²) >= 11 is 0. The third kappa shape index (κ3) is 2.31. The molecule has 0 aromatic carbocycles. The molecule has 0 radical (unpaired) electrons. The van der Waals surface area contributed by atoms with Crippen LogP contribution in [0.2, 0.25) is 0 Å². The van der Waals surface area contributed by atoms with E-state index in [1.165, 1.54) is 56.6 Å². The monoisotopic (exact) mass is 312 g/mol. The second kappa shape index (κ2) is 4.90. The summed E-state index contributed by atoms with van der Waals surface area (Å²) in [6, 6.07) is 2.29. The third-order valence-corrected chi connectivity index (χ3v) is 6.09. The van der Waals surface area contributed by atoms with Crippen LogP contribution in [-0.2, 0) is 0 Å². The number of fused-ring (bicyclic) bond motifs is 1. The summed E-state index contributed by atoms with van der Waals surface area (Å²) in [5.74, 6) is 0.653. The van der Waals surface area contributed by atoms with Crippen molar-refractivity contribution in [3.63, 3.8) is 0 Å². The molecule has 0 N–H and O–H groups in total. The van der Waals surface area contributed by atoms with Crippen molar-refractivity contribution in [3.8, 4) is 0 Å². The molecule has 6 heteroatoms. The quantitative estimate of drug-likeness (QED) is 0.848. The molecule has 0 bridgehead atoms. The first-order valence-electron chi connectivity index (χ1n) is 8.87. The Balaban J connectivity index is 1.47. The number of likely N-dealkylation sites (tertiary alicyclic amines) is 1. The number of nitrogens with zero attached hydrogens (tertiary/aromatic N) is 6. The average molecular weight is 312 g/mol. The Kier molecular flexibility index (Phi) is 2.92. The fourth-order valence-electron chi connectivity index (χ4n) is 4.28. The van der Waals surface area contributed by atoms with Gasteiger partial charge in [0, 0.05) is 19.0 Å². The van der Waals surface area contributed by atoms with Crippen molar-refractivity contribution in [2.45, 2.75) is 38.0 Å². The lowest BCUT2D eigenvalue weighted by Crippen LogP contribution is -2.39. The summed E-state index contributed by atoms with van der Waals surface area (Å²) in [7, 11) is 2.24. The lowest BCUT2D eigenvalue weighted by molar-refractivity contribution is 0.142. The molecule has 2 aromatic heterocycles. The van der Waals surface area contributed by atoms with Gasteiger partial charge < -0.3 is 9.80 Å². The number of hydrogen-bond acceptors (Lipinski definition) is 5. The summed E-state index contributed by atoms with van der Waals surface area (Å²) in [5, 5.41) is 13.1. The molecule has 1 aliphatic carbocycles. The zero-order chi connectivity index (χ0) is 15.4. The predicted molar refractivity (Wildman–Crippen MR) is 88.8 cm³/mol. The first-order valence-corrected chi connectivity index (χ1v) is 8.87. The highest BCUT2D eigenvalue weighted by Crippen LogP contribution is 2.44. The van der Waals surface area contributed by atoms with Crippen LogP contribution < -0.4 is 4.90 Å². The molecule has 0 atom stereocenters. The average Bonchev–Trinajstić information content (AvgIpc) is 3.17. The second-order valence-corrected chi connectivity index (χ2v) is 7.80. The molecule has 5 rings (SSSR count). The summed E-state index contributed by atoms with van der Waals surface area (Å²) in [4.78, 5) is 5.01. The normalized spacial score (nSPS) is 24.8. The predicted octanol–water partition coefficient (Wildman–Crippen LogP) is 1.92. The van der Waals surface area contributed by atoms with Crippen LogP contribution in [0.4, 0.5) is 5.69 Å². The van der Waals surface area contributed by atoms with Gasteiger partial charge in [0.1, 0.15) is 6.33 Å². The van der Waals surface area contributed by atoms with Crippen LogP contribution in [0, 0.1) is 5.41 Å². The molecule has 3 aliphatic rings. The van der Waals surface area contributed by atoms with Gasteiger partial charge in [-0.3, -0.25) is 0 Å². The van der Waals surface area contributed by atoms with Gasteiger partial charge in [0.25, 0.3) is 0 Å². The number of rotatable bonds is 2. The number of hydrogen-bond donors (Lipinski definition) is 0. The van der Waals surface area contributed by atoms with Crippen molar-refractivity contribution >= 4 is 11.3 Å². The zero-order valence-corrected chi connectivity index (χ0v) is 13.8. The van der Waals surface area contributed by atoms with Crippen LogP contribution in [0.5, 0.6) is 0 Å². The van der Waals surface area contributed by atoms with Crippen LogP contribution in [0.1, 0.15) is 43.7 Å². The van der Waals surface area contributed by atoms with E-state index in [0.29, 0.717) is 11.3 Å². The SMILES string of the molecule is CN1CCC2(CC1)CCN(c1cc(C3CC3)nn3cnnc13)C2. The largest absolute Gasteiger partial charge is 0.368 e. The highest BCUT2D eigenvalue weighted by atomic mass is 15.4. The van der Waals surface area contributed by atoms with E-state index in [9.17, 15) is 0 Å². The third-order valence-electron chi connectivity index (χ3n) is 6.09. The molecule has 0 amide bonds. The van der Waals surface area contributed by atoms with Crippen LogP contribution in [0.25, 0.3) is 5.65 Å². The molecule has 1 spiro atoms. The van der Waals surface area contributed by atoms with Gasteiger partial charge in [-0.1, -0.05) is 0 Å². The molecule has 0 unspecified atom stereocenters. The van der Waals surface area contributed by atoms with Crippen molar-refractivity contribution in [1.82, 2.24) is 24.7 Å². The van der Waals surface area contributed by atoms with E-state index in [1.807, 2.05) is 4.52 Å². The molecule has 3 fully saturated rings. The van der Waals surface area contributed by atoms with Gasteiger partial charge in [0.05, 0.1) is 11.4 Å².